The van der Waals surface area contributed by atoms with Crippen LogP contribution in [0.2, 0.25) is 0 Å². The quantitative estimate of drug-likeness (QED) is 0.0242. The zero-order chi connectivity index (χ0) is 35.4. The molecule has 0 saturated heterocycles. The van der Waals surface area contributed by atoms with Crippen LogP contribution >= 0.6 is 7.82 Å². The third-order valence-electron chi connectivity index (χ3n) is 7.03. The first-order chi connectivity index (χ1) is 23.3. The second kappa shape index (κ2) is 34.1. The van der Waals surface area contributed by atoms with Gasteiger partial charge in [0.25, 0.3) is 0 Å². The van der Waals surface area contributed by atoms with E-state index in [2.05, 4.69) is 48.8 Å². The van der Waals surface area contributed by atoms with Crippen LogP contribution in [0.4, 0.5) is 0 Å². The normalized spacial score (nSPS) is 13.5. The van der Waals surface area contributed by atoms with Crippen molar-refractivity contribution in [1.29, 1.82) is 0 Å². The molecule has 8 nitrogen and oxygen atoms in total. The molecule has 0 amide bonds. The predicted molar refractivity (Wildman–Crippen MR) is 197 cm³/mol. The van der Waals surface area contributed by atoms with E-state index < -0.39 is 32.5 Å². The minimum atomic E-state index is -4.77. The SMILES string of the molecule is CC/C=C/C=C/C=C/C=C/C=C/CCCC(=O)OC(COC(=O)CCCCCCCCC/C=C/C/C=C/CCCCC)COP(=O)(O)O. The number of rotatable bonds is 31. The number of hydrogen-bond acceptors (Lipinski definition) is 6. The smallest absolute Gasteiger partial charge is 0.462 e. The summed E-state index contributed by atoms with van der Waals surface area (Å²) in [5.74, 6) is -0.991. The van der Waals surface area contributed by atoms with Crippen molar-refractivity contribution >= 4 is 19.8 Å². The van der Waals surface area contributed by atoms with E-state index in [-0.39, 0.29) is 19.4 Å². The Bertz CT molecular complexity index is 1050. The molecule has 0 aromatic carbocycles. The fourth-order valence-electron chi connectivity index (χ4n) is 4.37. The molecule has 0 aliphatic rings. The van der Waals surface area contributed by atoms with Crippen LogP contribution in [0.25, 0.3) is 0 Å². The molecule has 0 heterocycles. The molecule has 0 saturated carbocycles. The van der Waals surface area contributed by atoms with Gasteiger partial charge in [0.1, 0.15) is 6.61 Å². The Kier molecular flexibility index (Phi) is 32.1. The maximum absolute atomic E-state index is 12.3. The molecular formula is C39H63O8P. The van der Waals surface area contributed by atoms with Gasteiger partial charge in [-0.1, -0.05) is 144 Å². The van der Waals surface area contributed by atoms with E-state index in [1.165, 1.54) is 44.9 Å². The highest BCUT2D eigenvalue weighted by molar-refractivity contribution is 7.46. The Morgan fingerprint density at radius 2 is 1.10 bits per heavy atom. The summed E-state index contributed by atoms with van der Waals surface area (Å²) in [6.07, 6.45) is 44.6. The van der Waals surface area contributed by atoms with Crippen LogP contribution in [0, 0.1) is 0 Å². The van der Waals surface area contributed by atoms with Crippen molar-refractivity contribution < 1.29 is 37.9 Å². The average Bonchev–Trinajstić information content (AvgIpc) is 3.05. The summed E-state index contributed by atoms with van der Waals surface area (Å²) in [6.45, 7) is 3.41. The third-order valence-corrected chi connectivity index (χ3v) is 7.51. The van der Waals surface area contributed by atoms with Gasteiger partial charge in [-0.3, -0.25) is 14.1 Å². The number of ether oxygens (including phenoxy) is 2. The van der Waals surface area contributed by atoms with Crippen molar-refractivity contribution in [3.05, 3.63) is 85.1 Å². The highest BCUT2D eigenvalue weighted by atomic mass is 31.2. The molecule has 0 aromatic rings. The van der Waals surface area contributed by atoms with Crippen LogP contribution in [0.15, 0.2) is 85.1 Å². The molecule has 1 atom stereocenters. The molecule has 0 bridgehead atoms. The molecule has 272 valence electrons. The van der Waals surface area contributed by atoms with Crippen LogP contribution < -0.4 is 0 Å². The monoisotopic (exact) mass is 690 g/mol. The number of esters is 2. The molecule has 0 aliphatic carbocycles. The van der Waals surface area contributed by atoms with Gasteiger partial charge < -0.3 is 19.3 Å². The maximum Gasteiger partial charge on any atom is 0.469 e. The lowest BCUT2D eigenvalue weighted by Gasteiger charge is -2.18. The van der Waals surface area contributed by atoms with Gasteiger partial charge >= 0.3 is 19.8 Å². The maximum atomic E-state index is 12.3. The first-order valence-corrected chi connectivity index (χ1v) is 19.5. The zero-order valence-electron chi connectivity index (χ0n) is 29.6. The number of unbranched alkanes of at least 4 members (excludes halogenated alkanes) is 11. The van der Waals surface area contributed by atoms with Gasteiger partial charge in [0.2, 0.25) is 0 Å². The molecule has 9 heteroatoms. The van der Waals surface area contributed by atoms with Crippen molar-refractivity contribution in [1.82, 2.24) is 0 Å². The predicted octanol–water partition coefficient (Wildman–Crippen LogP) is 10.5. The lowest BCUT2D eigenvalue weighted by atomic mass is 10.1. The van der Waals surface area contributed by atoms with Gasteiger partial charge in [-0.25, -0.2) is 4.57 Å². The van der Waals surface area contributed by atoms with Crippen molar-refractivity contribution in [2.45, 2.75) is 136 Å². The summed E-state index contributed by atoms with van der Waals surface area (Å²) >= 11 is 0. The van der Waals surface area contributed by atoms with E-state index in [4.69, 9.17) is 19.3 Å². The second-order valence-electron chi connectivity index (χ2n) is 11.6. The van der Waals surface area contributed by atoms with E-state index >= 15 is 0 Å². The molecular weight excluding hydrogens is 627 g/mol. The molecule has 0 spiro atoms. The van der Waals surface area contributed by atoms with Gasteiger partial charge in [0.05, 0.1) is 6.61 Å². The van der Waals surface area contributed by atoms with E-state index in [0.29, 0.717) is 19.3 Å². The van der Waals surface area contributed by atoms with Crippen molar-refractivity contribution in [3.63, 3.8) is 0 Å². The molecule has 1 unspecified atom stereocenters. The average molecular weight is 691 g/mol. The number of carbonyl (C=O) groups excluding carboxylic acids is 2. The largest absolute Gasteiger partial charge is 0.469 e. The third kappa shape index (κ3) is 36.1. The number of phosphoric acid groups is 1. The lowest BCUT2D eigenvalue weighted by Crippen LogP contribution is -2.29. The summed E-state index contributed by atoms with van der Waals surface area (Å²) in [6, 6.07) is 0. The molecule has 0 fully saturated rings. The highest BCUT2D eigenvalue weighted by Crippen LogP contribution is 2.35. The van der Waals surface area contributed by atoms with Gasteiger partial charge in [-0.2, -0.15) is 0 Å². The second-order valence-corrected chi connectivity index (χ2v) is 12.8. The van der Waals surface area contributed by atoms with E-state index in [0.717, 1.165) is 38.5 Å². The van der Waals surface area contributed by atoms with Crippen LogP contribution in [0.1, 0.15) is 129 Å². The van der Waals surface area contributed by atoms with Gasteiger partial charge in [-0.15, -0.1) is 0 Å². The minimum absolute atomic E-state index is 0.109. The molecule has 0 rings (SSSR count). The Labute approximate surface area is 291 Å². The first-order valence-electron chi connectivity index (χ1n) is 17.9. The van der Waals surface area contributed by atoms with Crippen molar-refractivity contribution in [2.75, 3.05) is 13.2 Å². The lowest BCUT2D eigenvalue weighted by molar-refractivity contribution is -0.161. The Balaban J connectivity index is 4.12. The summed E-state index contributed by atoms with van der Waals surface area (Å²) in [5.41, 5.74) is 0. The summed E-state index contributed by atoms with van der Waals surface area (Å²) in [4.78, 5) is 42.6. The van der Waals surface area contributed by atoms with E-state index in [1.807, 2.05) is 54.7 Å². The van der Waals surface area contributed by atoms with Crippen molar-refractivity contribution in [2.24, 2.45) is 0 Å². The van der Waals surface area contributed by atoms with Crippen LogP contribution in [0.5, 0.6) is 0 Å². The molecule has 0 radical (unpaired) electrons. The fourth-order valence-corrected chi connectivity index (χ4v) is 4.73. The minimum Gasteiger partial charge on any atom is -0.462 e. The summed E-state index contributed by atoms with van der Waals surface area (Å²) in [7, 11) is -4.77. The number of carbonyl (C=O) groups is 2. The Hall–Kier alpha value is -2.77. The van der Waals surface area contributed by atoms with Crippen LogP contribution in [-0.4, -0.2) is 41.0 Å². The standard InChI is InChI=1S/C39H63O8P/c1-3-5-7-9-11-13-15-17-18-19-20-22-23-25-27-29-31-33-38(40)45-35-37(36-46-48(42,43)44)47-39(41)34-32-30-28-26-24-21-16-14-12-10-8-6-4-2/h6,8,10-14,16-18,21,24,26,28,37H,3-5,7,9,15,19-20,22-23,25,27,29-36H2,1-2H3,(H2,42,43,44)/b8-6+,12-10+,13-11+,16-14+,18-17+,24-21+,28-26+. The molecule has 0 aliphatic heterocycles. The zero-order valence-corrected chi connectivity index (χ0v) is 30.5. The number of allylic oxidation sites excluding steroid dienone is 14. The van der Waals surface area contributed by atoms with E-state index in [9.17, 15) is 14.2 Å². The first kappa shape index (κ1) is 45.2. The summed E-state index contributed by atoms with van der Waals surface area (Å²) in [5, 5.41) is 0. The Morgan fingerprint density at radius 1 is 0.583 bits per heavy atom. The van der Waals surface area contributed by atoms with E-state index in [1.54, 1.807) is 0 Å². The Morgan fingerprint density at radius 3 is 1.71 bits per heavy atom. The molecule has 2 N–H and O–H groups in total. The summed E-state index contributed by atoms with van der Waals surface area (Å²) < 4.78 is 26.2. The molecule has 48 heavy (non-hydrogen) atoms. The van der Waals surface area contributed by atoms with Crippen molar-refractivity contribution in [3.8, 4) is 0 Å². The van der Waals surface area contributed by atoms with Crippen LogP contribution in [-0.2, 0) is 28.2 Å². The topological polar surface area (TPSA) is 119 Å². The highest BCUT2D eigenvalue weighted by Gasteiger charge is 2.22. The van der Waals surface area contributed by atoms with Gasteiger partial charge in [0.15, 0.2) is 6.10 Å². The molecule has 0 aromatic heterocycles. The van der Waals surface area contributed by atoms with Gasteiger partial charge in [-0.05, 0) is 57.8 Å². The number of phosphoric ester groups is 1. The van der Waals surface area contributed by atoms with Gasteiger partial charge in [0, 0.05) is 12.8 Å². The van der Waals surface area contributed by atoms with Crippen LogP contribution in [0.3, 0.4) is 0 Å². The number of hydrogen-bond donors (Lipinski definition) is 2. The fraction of sp³-hybridized carbons (Fsp3) is 0.590.